The minimum atomic E-state index is -0.996. The van der Waals surface area contributed by atoms with Crippen molar-refractivity contribution in [2.45, 2.75) is 57.5 Å². The van der Waals surface area contributed by atoms with Crippen molar-refractivity contribution in [2.75, 3.05) is 13.7 Å². The predicted octanol–water partition coefficient (Wildman–Crippen LogP) is 5.07. The monoisotopic (exact) mass is 451 g/mol. The average molecular weight is 452 g/mol. The van der Waals surface area contributed by atoms with Crippen LogP contribution in [0.5, 0.6) is 0 Å². The molecule has 1 aliphatic heterocycles. The van der Waals surface area contributed by atoms with E-state index in [1.165, 1.54) is 0 Å². The molecule has 0 radical (unpaired) electrons. The molecule has 3 rings (SSSR count). The van der Waals surface area contributed by atoms with Gasteiger partial charge in [0.05, 0.1) is 12.6 Å². The van der Waals surface area contributed by atoms with Gasteiger partial charge in [-0.3, -0.25) is 4.90 Å². The molecule has 1 saturated heterocycles. The molecule has 1 amide bonds. The molecule has 0 N–H and O–H groups in total. The fourth-order valence-corrected chi connectivity index (χ4v) is 4.34. The molecule has 0 aromatic heterocycles. The third-order valence-electron chi connectivity index (χ3n) is 5.71. The van der Waals surface area contributed by atoms with Crippen molar-refractivity contribution in [3.8, 4) is 0 Å². The zero-order valence-corrected chi connectivity index (χ0v) is 20.0. The number of hydrogen-bond donors (Lipinski definition) is 0. The van der Waals surface area contributed by atoms with Gasteiger partial charge in [0.15, 0.2) is 0 Å². The Bertz CT molecular complexity index is 941. The quantitative estimate of drug-likeness (QED) is 0.453. The molecule has 6 nitrogen and oxygen atoms in total. The maximum Gasteiger partial charge on any atom is 0.410 e. The topological polar surface area (TPSA) is 65.1 Å². The van der Waals surface area contributed by atoms with Gasteiger partial charge in [-0.15, -0.1) is 0 Å². The van der Waals surface area contributed by atoms with Crippen molar-refractivity contribution < 1.29 is 23.8 Å². The third kappa shape index (κ3) is 5.28. The van der Waals surface area contributed by atoms with Crippen LogP contribution in [0.1, 0.15) is 45.2 Å². The van der Waals surface area contributed by atoms with E-state index in [1.807, 2.05) is 81.4 Å². The van der Waals surface area contributed by atoms with Crippen LogP contribution in [0.25, 0.3) is 0 Å². The number of ether oxygens (including phenoxy) is 3. The Kier molecular flexibility index (Phi) is 7.28. The first-order valence-corrected chi connectivity index (χ1v) is 11.1. The molecule has 0 bridgehead atoms. The Labute approximate surface area is 196 Å². The number of nitrogens with zero attached hydrogens (tertiary/aromatic N) is 1. The van der Waals surface area contributed by atoms with Gasteiger partial charge >= 0.3 is 12.1 Å². The van der Waals surface area contributed by atoms with E-state index in [0.29, 0.717) is 12.0 Å². The molecule has 1 fully saturated rings. The Morgan fingerprint density at radius 2 is 1.48 bits per heavy atom. The van der Waals surface area contributed by atoms with Crippen molar-refractivity contribution in [3.63, 3.8) is 0 Å². The second kappa shape index (κ2) is 9.79. The van der Waals surface area contributed by atoms with Crippen LogP contribution in [-0.2, 0) is 24.6 Å². The van der Waals surface area contributed by atoms with Gasteiger partial charge < -0.3 is 14.2 Å². The number of likely N-dealkylation sites (tertiary alicyclic amines) is 1. The van der Waals surface area contributed by atoms with Gasteiger partial charge in [-0.2, -0.15) is 0 Å². The van der Waals surface area contributed by atoms with Crippen molar-refractivity contribution >= 4 is 12.1 Å². The molecule has 1 aliphatic rings. The van der Waals surface area contributed by atoms with Gasteiger partial charge in [-0.05, 0) is 38.8 Å². The highest BCUT2D eigenvalue weighted by molar-refractivity contribution is 5.87. The molecule has 176 valence electrons. The molecule has 0 unspecified atom stereocenters. The second-order valence-corrected chi connectivity index (χ2v) is 9.36. The standard InChI is InChI=1S/C27H33NO5/c1-19(2)24(29)32-22-17-23(28(18-22)25(30)33-26(3,4)5)27(31-6,20-13-9-7-10-14-20)21-15-11-8-12-16-21/h7-16,22-23H,1,17-18H2,2-6H3/t22-,23+/m1/s1. The van der Waals surface area contributed by atoms with E-state index in [9.17, 15) is 9.59 Å². The summed E-state index contributed by atoms with van der Waals surface area (Å²) in [5.41, 5.74) is 0.423. The number of carbonyl (C=O) groups excluding carboxylic acids is 2. The minimum absolute atomic E-state index is 0.198. The van der Waals surface area contributed by atoms with Crippen LogP contribution < -0.4 is 0 Å². The maximum absolute atomic E-state index is 13.4. The molecule has 2 atom stereocenters. The zero-order valence-electron chi connectivity index (χ0n) is 20.0. The van der Waals surface area contributed by atoms with Crippen LogP contribution in [0.3, 0.4) is 0 Å². The number of amides is 1. The largest absolute Gasteiger partial charge is 0.457 e. The summed E-state index contributed by atoms with van der Waals surface area (Å²) < 4.78 is 17.7. The number of hydrogen-bond acceptors (Lipinski definition) is 5. The van der Waals surface area contributed by atoms with Crippen molar-refractivity contribution in [3.05, 3.63) is 83.9 Å². The number of carbonyl (C=O) groups is 2. The molecule has 1 heterocycles. The lowest BCUT2D eigenvalue weighted by atomic mass is 9.78. The Morgan fingerprint density at radius 1 is 0.970 bits per heavy atom. The van der Waals surface area contributed by atoms with Crippen LogP contribution in [0.15, 0.2) is 72.8 Å². The second-order valence-electron chi connectivity index (χ2n) is 9.36. The highest BCUT2D eigenvalue weighted by atomic mass is 16.6. The van der Waals surface area contributed by atoms with E-state index in [-0.39, 0.29) is 6.54 Å². The Morgan fingerprint density at radius 3 is 1.91 bits per heavy atom. The number of benzene rings is 2. The zero-order chi connectivity index (χ0) is 24.2. The fourth-order valence-electron chi connectivity index (χ4n) is 4.34. The molecular weight excluding hydrogens is 418 g/mol. The predicted molar refractivity (Wildman–Crippen MR) is 127 cm³/mol. The first-order chi connectivity index (χ1) is 15.6. The van der Waals surface area contributed by atoms with Gasteiger partial charge in [0.2, 0.25) is 0 Å². The van der Waals surface area contributed by atoms with Gasteiger partial charge in [0.1, 0.15) is 17.3 Å². The molecule has 0 aliphatic carbocycles. The van der Waals surface area contributed by atoms with Crippen LogP contribution in [-0.4, -0.2) is 48.4 Å². The fraction of sp³-hybridized carbons (Fsp3) is 0.407. The van der Waals surface area contributed by atoms with E-state index >= 15 is 0 Å². The van der Waals surface area contributed by atoms with Gasteiger partial charge in [0.25, 0.3) is 0 Å². The highest BCUT2D eigenvalue weighted by Gasteiger charge is 2.53. The summed E-state index contributed by atoms with van der Waals surface area (Å²) in [6.45, 7) is 11.0. The smallest absolute Gasteiger partial charge is 0.410 e. The third-order valence-corrected chi connectivity index (χ3v) is 5.71. The molecule has 33 heavy (non-hydrogen) atoms. The average Bonchev–Trinajstić information content (AvgIpc) is 3.19. The molecule has 0 spiro atoms. The van der Waals surface area contributed by atoms with Crippen molar-refractivity contribution in [1.82, 2.24) is 4.90 Å². The lowest BCUT2D eigenvalue weighted by molar-refractivity contribution is -0.143. The van der Waals surface area contributed by atoms with Crippen LogP contribution in [0.2, 0.25) is 0 Å². The van der Waals surface area contributed by atoms with Crippen LogP contribution in [0.4, 0.5) is 4.79 Å². The number of rotatable bonds is 6. The normalized spacial score (nSPS) is 18.6. The molecule has 2 aromatic rings. The van der Waals surface area contributed by atoms with Gasteiger partial charge in [-0.1, -0.05) is 67.2 Å². The Hall–Kier alpha value is -3.12. The van der Waals surface area contributed by atoms with Crippen LogP contribution in [0, 0.1) is 0 Å². The lowest BCUT2D eigenvalue weighted by Crippen LogP contribution is -2.52. The number of esters is 1. The summed E-state index contributed by atoms with van der Waals surface area (Å²) >= 11 is 0. The first kappa shape index (κ1) is 24.5. The maximum atomic E-state index is 13.4. The Balaban J connectivity index is 2.12. The highest BCUT2D eigenvalue weighted by Crippen LogP contribution is 2.44. The summed E-state index contributed by atoms with van der Waals surface area (Å²) in [6, 6.07) is 19.1. The summed E-state index contributed by atoms with van der Waals surface area (Å²) in [4.78, 5) is 27.3. The molecule has 6 heteroatoms. The van der Waals surface area contributed by atoms with Gasteiger partial charge in [-0.25, -0.2) is 9.59 Å². The van der Waals surface area contributed by atoms with Crippen molar-refractivity contribution in [2.24, 2.45) is 0 Å². The lowest BCUT2D eigenvalue weighted by Gasteiger charge is -2.42. The molecule has 2 aromatic carbocycles. The van der Waals surface area contributed by atoms with Crippen LogP contribution >= 0.6 is 0 Å². The number of methoxy groups -OCH3 is 1. The SMILES string of the molecule is C=C(C)C(=O)O[C@@H]1C[C@@H](C(OC)(c2ccccc2)c2ccccc2)N(C(=O)OC(C)(C)C)C1. The molecular formula is C27H33NO5. The van der Waals surface area contributed by atoms with Crippen molar-refractivity contribution in [1.29, 1.82) is 0 Å². The van der Waals surface area contributed by atoms with E-state index in [2.05, 4.69) is 6.58 Å². The van der Waals surface area contributed by atoms with E-state index in [0.717, 1.165) is 11.1 Å². The van der Waals surface area contributed by atoms with E-state index < -0.39 is 35.4 Å². The van der Waals surface area contributed by atoms with E-state index in [1.54, 1.807) is 18.9 Å². The van der Waals surface area contributed by atoms with E-state index in [4.69, 9.17) is 14.2 Å². The summed E-state index contributed by atoms with van der Waals surface area (Å²) in [7, 11) is 1.64. The summed E-state index contributed by atoms with van der Waals surface area (Å²) in [5, 5.41) is 0. The molecule has 0 saturated carbocycles. The first-order valence-electron chi connectivity index (χ1n) is 11.1. The van der Waals surface area contributed by atoms with Gasteiger partial charge in [0, 0.05) is 19.1 Å². The summed E-state index contributed by atoms with van der Waals surface area (Å²) in [5.74, 6) is -0.479. The minimum Gasteiger partial charge on any atom is -0.457 e. The summed E-state index contributed by atoms with van der Waals surface area (Å²) in [6.07, 6.45) is -0.612.